The molecule has 2 nitrogen and oxygen atoms in total. The van der Waals surface area contributed by atoms with Gasteiger partial charge in [0.2, 0.25) is 0 Å². The van der Waals surface area contributed by atoms with Gasteiger partial charge in [-0.05, 0) is 12.1 Å². The molecule has 1 aromatic rings. The van der Waals surface area contributed by atoms with Crippen LogP contribution >= 0.6 is 0 Å². The van der Waals surface area contributed by atoms with Crippen LogP contribution in [0, 0.1) is 0 Å². The van der Waals surface area contributed by atoms with Gasteiger partial charge in [0.15, 0.2) is 6.10 Å². The number of aliphatic hydroxyl groups excluding tert-OH is 1. The molecule has 0 fully saturated rings. The second-order valence-electron chi connectivity index (χ2n) is 3.69. The molecule has 1 unspecified atom stereocenters. The van der Waals surface area contributed by atoms with Crippen LogP contribution in [0.2, 0.25) is 0 Å². The molecule has 0 aliphatic rings. The van der Waals surface area contributed by atoms with Gasteiger partial charge in [-0.3, -0.25) is 0 Å². The maximum atomic E-state index is 13.1. The zero-order valence-corrected chi connectivity index (χ0v) is 9.07. The summed E-state index contributed by atoms with van der Waals surface area (Å²) >= 11 is 0. The molecule has 11 heteroatoms. The van der Waals surface area contributed by atoms with E-state index in [2.05, 4.69) is 4.42 Å². The first-order valence-corrected chi connectivity index (χ1v) is 4.68. The standard InChI is InChI=1S/C9H5F9O2/c10-6(11,5(19)4-2-1-3-20-4)7(12,13)8(14,15)9(16,17)18/h1-3,5,19H. The smallest absolute Gasteiger partial charge is 0.460 e. The Hall–Kier alpha value is -1.39. The summed E-state index contributed by atoms with van der Waals surface area (Å²) in [5.41, 5.74) is 0. The molecule has 0 bridgehead atoms. The van der Waals surface area contributed by atoms with Crippen LogP contribution in [0.1, 0.15) is 11.9 Å². The van der Waals surface area contributed by atoms with Crippen molar-refractivity contribution in [3.05, 3.63) is 24.2 Å². The van der Waals surface area contributed by atoms with E-state index >= 15 is 0 Å². The van der Waals surface area contributed by atoms with Gasteiger partial charge in [-0.15, -0.1) is 0 Å². The molecule has 1 heterocycles. The average Bonchev–Trinajstić information content (AvgIpc) is 2.79. The van der Waals surface area contributed by atoms with Crippen LogP contribution < -0.4 is 0 Å². The Morgan fingerprint density at radius 2 is 1.40 bits per heavy atom. The molecule has 1 aromatic heterocycles. The fourth-order valence-electron chi connectivity index (χ4n) is 1.18. The van der Waals surface area contributed by atoms with Crippen molar-refractivity contribution >= 4 is 0 Å². The SMILES string of the molecule is OC(c1ccco1)C(F)(F)C(F)(F)C(F)(F)C(F)(F)F. The fourth-order valence-corrected chi connectivity index (χ4v) is 1.18. The number of aliphatic hydroxyl groups is 1. The maximum absolute atomic E-state index is 13.1. The van der Waals surface area contributed by atoms with Crippen LogP contribution in [0.5, 0.6) is 0 Å². The van der Waals surface area contributed by atoms with E-state index in [1.807, 2.05) is 0 Å². The van der Waals surface area contributed by atoms with Gasteiger partial charge in [-0.1, -0.05) is 0 Å². The fraction of sp³-hybridized carbons (Fsp3) is 0.556. The lowest BCUT2D eigenvalue weighted by Gasteiger charge is -2.35. The molecule has 0 aliphatic carbocycles. The van der Waals surface area contributed by atoms with E-state index < -0.39 is 35.8 Å². The summed E-state index contributed by atoms with van der Waals surface area (Å²) in [6.07, 6.45) is -9.97. The van der Waals surface area contributed by atoms with Crippen molar-refractivity contribution in [2.45, 2.75) is 30.0 Å². The summed E-state index contributed by atoms with van der Waals surface area (Å²) < 4.78 is 117. The predicted molar refractivity (Wildman–Crippen MR) is 44.6 cm³/mol. The van der Waals surface area contributed by atoms with Gasteiger partial charge in [0, 0.05) is 0 Å². The molecule has 0 aliphatic heterocycles. The molecule has 0 saturated heterocycles. The van der Waals surface area contributed by atoms with E-state index in [-0.39, 0.29) is 0 Å². The Balaban J connectivity index is 3.25. The van der Waals surface area contributed by atoms with Gasteiger partial charge in [-0.25, -0.2) is 0 Å². The predicted octanol–water partition coefficient (Wildman–Crippen LogP) is 3.78. The van der Waals surface area contributed by atoms with Crippen molar-refractivity contribution in [1.29, 1.82) is 0 Å². The highest BCUT2D eigenvalue weighted by Crippen LogP contribution is 2.56. The molecule has 0 saturated carbocycles. The van der Waals surface area contributed by atoms with Crippen molar-refractivity contribution in [2.24, 2.45) is 0 Å². The molecule has 0 amide bonds. The quantitative estimate of drug-likeness (QED) is 0.858. The monoisotopic (exact) mass is 316 g/mol. The third-order valence-electron chi connectivity index (χ3n) is 2.33. The minimum atomic E-state index is -7.04. The van der Waals surface area contributed by atoms with Crippen LogP contribution in [0.3, 0.4) is 0 Å². The van der Waals surface area contributed by atoms with Crippen molar-refractivity contribution < 1.29 is 49.0 Å². The number of rotatable bonds is 4. The Morgan fingerprint density at radius 1 is 0.900 bits per heavy atom. The van der Waals surface area contributed by atoms with Crippen LogP contribution in [0.15, 0.2) is 22.8 Å². The zero-order valence-electron chi connectivity index (χ0n) is 9.07. The first kappa shape index (κ1) is 16.7. The van der Waals surface area contributed by atoms with Crippen molar-refractivity contribution in [2.75, 3.05) is 0 Å². The molecule has 1 rings (SSSR count). The van der Waals surface area contributed by atoms with Crippen LogP contribution in [-0.4, -0.2) is 29.1 Å². The normalized spacial score (nSPS) is 16.3. The number of hydrogen-bond acceptors (Lipinski definition) is 2. The lowest BCUT2D eigenvalue weighted by molar-refractivity contribution is -0.407. The van der Waals surface area contributed by atoms with Crippen LogP contribution in [-0.2, 0) is 0 Å². The minimum absolute atomic E-state index is 0.514. The van der Waals surface area contributed by atoms with E-state index in [0.29, 0.717) is 12.3 Å². The Morgan fingerprint density at radius 3 is 1.75 bits per heavy atom. The van der Waals surface area contributed by atoms with E-state index in [9.17, 15) is 39.5 Å². The van der Waals surface area contributed by atoms with Gasteiger partial charge in [0.1, 0.15) is 5.76 Å². The zero-order chi connectivity index (χ0) is 16.0. The molecule has 0 aromatic carbocycles. The number of halogens is 9. The molecule has 0 radical (unpaired) electrons. The van der Waals surface area contributed by atoms with Crippen LogP contribution in [0.4, 0.5) is 39.5 Å². The topological polar surface area (TPSA) is 33.4 Å². The summed E-state index contributed by atoms with van der Waals surface area (Å²) in [6, 6.07) is 1.36. The first-order valence-electron chi connectivity index (χ1n) is 4.68. The first-order chi connectivity index (χ1) is 8.77. The molecule has 116 valence electrons. The number of furan rings is 1. The highest BCUT2D eigenvalue weighted by Gasteiger charge is 2.83. The summed E-state index contributed by atoms with van der Waals surface area (Å²) in [4.78, 5) is 0. The van der Waals surface area contributed by atoms with Gasteiger partial charge in [0.05, 0.1) is 6.26 Å². The number of alkyl halides is 9. The molecule has 1 atom stereocenters. The summed E-state index contributed by atoms with van der Waals surface area (Å²) in [7, 11) is 0. The van der Waals surface area contributed by atoms with Crippen molar-refractivity contribution in [3.8, 4) is 0 Å². The lowest BCUT2D eigenvalue weighted by Crippen LogP contribution is -2.62. The summed E-state index contributed by atoms with van der Waals surface area (Å²) in [6.45, 7) is 0. The van der Waals surface area contributed by atoms with E-state index in [0.717, 1.165) is 6.07 Å². The lowest BCUT2D eigenvalue weighted by atomic mass is 9.97. The van der Waals surface area contributed by atoms with Crippen molar-refractivity contribution in [3.63, 3.8) is 0 Å². The third kappa shape index (κ3) is 2.23. The van der Waals surface area contributed by atoms with Crippen LogP contribution in [0.25, 0.3) is 0 Å². The van der Waals surface area contributed by atoms with Gasteiger partial charge >= 0.3 is 23.9 Å². The Kier molecular flexibility index (Phi) is 3.81. The molecule has 20 heavy (non-hydrogen) atoms. The average molecular weight is 316 g/mol. The van der Waals surface area contributed by atoms with E-state index in [4.69, 9.17) is 5.11 Å². The van der Waals surface area contributed by atoms with Gasteiger partial charge < -0.3 is 9.52 Å². The highest BCUT2D eigenvalue weighted by atomic mass is 19.4. The largest absolute Gasteiger partial charge is 0.466 e. The molecule has 1 N–H and O–H groups in total. The minimum Gasteiger partial charge on any atom is -0.466 e. The van der Waals surface area contributed by atoms with E-state index in [1.54, 1.807) is 0 Å². The Labute approximate surface area is 104 Å². The highest BCUT2D eigenvalue weighted by molar-refractivity contribution is 5.12. The Bertz CT molecular complexity index is 448. The molecular formula is C9H5F9O2. The van der Waals surface area contributed by atoms with Crippen molar-refractivity contribution in [1.82, 2.24) is 0 Å². The number of hydrogen-bond donors (Lipinski definition) is 1. The molecule has 0 spiro atoms. The van der Waals surface area contributed by atoms with Gasteiger partial charge in [-0.2, -0.15) is 39.5 Å². The second kappa shape index (κ2) is 4.57. The van der Waals surface area contributed by atoms with Gasteiger partial charge in [0.25, 0.3) is 0 Å². The third-order valence-corrected chi connectivity index (χ3v) is 2.33. The summed E-state index contributed by atoms with van der Waals surface area (Å²) in [5.74, 6) is -21.3. The second-order valence-corrected chi connectivity index (χ2v) is 3.69. The van der Waals surface area contributed by atoms with E-state index in [1.165, 1.54) is 0 Å². The summed E-state index contributed by atoms with van der Waals surface area (Å²) in [5, 5.41) is 8.88. The maximum Gasteiger partial charge on any atom is 0.460 e. The molecular weight excluding hydrogens is 311 g/mol.